The van der Waals surface area contributed by atoms with E-state index in [0.717, 1.165) is 37.4 Å². The van der Waals surface area contributed by atoms with Crippen LogP contribution in [0.25, 0.3) is 0 Å². The summed E-state index contributed by atoms with van der Waals surface area (Å²) in [6.07, 6.45) is 1.75. The number of ether oxygens (including phenoxy) is 1. The number of nitrogens with zero attached hydrogens (tertiary/aromatic N) is 6. The van der Waals surface area contributed by atoms with Gasteiger partial charge in [0.15, 0.2) is 11.5 Å². The monoisotopic (exact) mass is 344 g/mol. The minimum atomic E-state index is -0.905. The van der Waals surface area contributed by atoms with E-state index in [1.165, 1.54) is 4.90 Å². The topological polar surface area (TPSA) is 106 Å². The van der Waals surface area contributed by atoms with Crippen LogP contribution >= 0.6 is 0 Å². The summed E-state index contributed by atoms with van der Waals surface area (Å²) in [5, 5.41) is 26.8. The first kappa shape index (κ1) is 15.9. The number of hydrogen-bond donors (Lipinski definition) is 1. The summed E-state index contributed by atoms with van der Waals surface area (Å²) in [4.78, 5) is 16.6. The van der Waals surface area contributed by atoms with Crippen molar-refractivity contribution in [3.8, 4) is 6.07 Å². The molecule has 0 spiro atoms. The van der Waals surface area contributed by atoms with E-state index in [1.54, 1.807) is 0 Å². The van der Waals surface area contributed by atoms with Crippen molar-refractivity contribution in [2.75, 3.05) is 49.1 Å². The summed E-state index contributed by atoms with van der Waals surface area (Å²) < 4.78 is 5.86. The standard InChI is InChI=1S/C16H20N6O3/c17-8-13-14(20-3-5-21(6-4-20)16(23)24)7-15(19-18-13)22-9-11-1-2-12(10-22)25-11/h7,11-12H,1-6,9-10H2,(H,23,24). The van der Waals surface area contributed by atoms with Crippen LogP contribution in [0, 0.1) is 11.3 Å². The van der Waals surface area contributed by atoms with Crippen molar-refractivity contribution in [1.29, 1.82) is 5.26 Å². The molecule has 0 radical (unpaired) electrons. The molecule has 9 heteroatoms. The minimum absolute atomic E-state index is 0.249. The summed E-state index contributed by atoms with van der Waals surface area (Å²) in [5.41, 5.74) is 1.01. The van der Waals surface area contributed by atoms with Crippen LogP contribution in [0.1, 0.15) is 18.5 Å². The average molecular weight is 344 g/mol. The normalized spacial score (nSPS) is 25.8. The van der Waals surface area contributed by atoms with Crippen LogP contribution in [-0.4, -0.2) is 77.8 Å². The summed E-state index contributed by atoms with van der Waals surface area (Å²) >= 11 is 0. The highest BCUT2D eigenvalue weighted by Gasteiger charge is 2.35. The Bertz CT molecular complexity index is 700. The number of amides is 1. The molecule has 1 aromatic heterocycles. The number of piperazine rings is 1. The Hall–Kier alpha value is -2.60. The maximum atomic E-state index is 11.1. The molecule has 3 aliphatic rings. The number of carboxylic acid groups (broad SMARTS) is 1. The number of rotatable bonds is 2. The predicted octanol–water partition coefficient (Wildman–Crippen LogP) is 0.516. The molecule has 25 heavy (non-hydrogen) atoms. The third-order valence-electron chi connectivity index (χ3n) is 5.13. The highest BCUT2D eigenvalue weighted by atomic mass is 16.5. The van der Waals surface area contributed by atoms with Gasteiger partial charge in [0.25, 0.3) is 0 Å². The molecule has 2 atom stereocenters. The molecule has 3 aliphatic heterocycles. The van der Waals surface area contributed by atoms with Gasteiger partial charge in [-0.1, -0.05) is 0 Å². The van der Waals surface area contributed by atoms with Crippen molar-refractivity contribution in [3.05, 3.63) is 11.8 Å². The first-order chi connectivity index (χ1) is 12.1. The van der Waals surface area contributed by atoms with Gasteiger partial charge in [-0.25, -0.2) is 4.79 Å². The fourth-order valence-corrected chi connectivity index (χ4v) is 3.79. The quantitative estimate of drug-likeness (QED) is 0.827. The highest BCUT2D eigenvalue weighted by molar-refractivity contribution is 5.66. The highest BCUT2D eigenvalue weighted by Crippen LogP contribution is 2.31. The zero-order valence-corrected chi connectivity index (χ0v) is 13.8. The van der Waals surface area contributed by atoms with Crippen LogP contribution < -0.4 is 9.80 Å². The number of aromatic nitrogens is 2. The van der Waals surface area contributed by atoms with Crippen LogP contribution in [0.2, 0.25) is 0 Å². The Morgan fingerprint density at radius 1 is 1.16 bits per heavy atom. The maximum absolute atomic E-state index is 11.1. The number of morpholine rings is 1. The molecule has 1 aromatic rings. The van der Waals surface area contributed by atoms with Gasteiger partial charge >= 0.3 is 6.09 Å². The second-order valence-electron chi connectivity index (χ2n) is 6.67. The molecule has 0 aliphatic carbocycles. The molecule has 3 saturated heterocycles. The van der Waals surface area contributed by atoms with Crippen LogP contribution in [0.3, 0.4) is 0 Å². The second kappa shape index (κ2) is 6.37. The lowest BCUT2D eigenvalue weighted by Gasteiger charge is -2.36. The van der Waals surface area contributed by atoms with Crippen LogP contribution in [-0.2, 0) is 4.74 Å². The van der Waals surface area contributed by atoms with Crippen LogP contribution in [0.5, 0.6) is 0 Å². The summed E-state index contributed by atoms with van der Waals surface area (Å²) in [7, 11) is 0. The van der Waals surface area contributed by atoms with Crippen LogP contribution in [0.4, 0.5) is 16.3 Å². The van der Waals surface area contributed by atoms with Crippen molar-refractivity contribution < 1.29 is 14.6 Å². The zero-order valence-electron chi connectivity index (χ0n) is 13.8. The number of hydrogen-bond acceptors (Lipinski definition) is 7. The molecule has 4 rings (SSSR count). The third-order valence-corrected chi connectivity index (χ3v) is 5.13. The zero-order chi connectivity index (χ0) is 17.4. The van der Waals surface area contributed by atoms with E-state index >= 15 is 0 Å². The Morgan fingerprint density at radius 3 is 2.44 bits per heavy atom. The van der Waals surface area contributed by atoms with Crippen molar-refractivity contribution in [1.82, 2.24) is 15.1 Å². The van der Waals surface area contributed by atoms with E-state index in [9.17, 15) is 10.1 Å². The molecule has 9 nitrogen and oxygen atoms in total. The molecule has 1 N–H and O–H groups in total. The van der Waals surface area contributed by atoms with E-state index < -0.39 is 6.09 Å². The van der Waals surface area contributed by atoms with Gasteiger partial charge in [0.05, 0.1) is 17.9 Å². The molecular weight excluding hydrogens is 324 g/mol. The lowest BCUT2D eigenvalue weighted by Crippen LogP contribution is -2.48. The molecule has 3 fully saturated rings. The van der Waals surface area contributed by atoms with E-state index in [2.05, 4.69) is 21.2 Å². The van der Waals surface area contributed by atoms with Crippen molar-refractivity contribution in [2.24, 2.45) is 0 Å². The van der Waals surface area contributed by atoms with Gasteiger partial charge in [0.2, 0.25) is 0 Å². The smallest absolute Gasteiger partial charge is 0.407 e. The van der Waals surface area contributed by atoms with E-state index in [1.807, 2.05) is 11.0 Å². The third kappa shape index (κ3) is 3.05. The fraction of sp³-hybridized carbons (Fsp3) is 0.625. The molecule has 1 amide bonds. The number of carbonyl (C=O) groups is 1. The summed E-state index contributed by atoms with van der Waals surface area (Å²) in [6, 6.07) is 4.01. The Balaban J connectivity index is 1.55. The molecule has 0 aromatic carbocycles. The molecule has 2 unspecified atom stereocenters. The lowest BCUT2D eigenvalue weighted by molar-refractivity contribution is 0.0302. The molecule has 0 saturated carbocycles. The SMILES string of the molecule is N#Cc1nnc(N2CC3CCC(C2)O3)cc1N1CCN(C(=O)O)CC1. The Morgan fingerprint density at radius 2 is 1.84 bits per heavy atom. The molecule has 4 heterocycles. The molecule has 2 bridgehead atoms. The summed E-state index contributed by atoms with van der Waals surface area (Å²) in [5.74, 6) is 0.759. The Labute approximate surface area is 145 Å². The van der Waals surface area contributed by atoms with Gasteiger partial charge in [-0.3, -0.25) is 0 Å². The lowest BCUT2D eigenvalue weighted by atomic mass is 10.2. The summed E-state index contributed by atoms with van der Waals surface area (Å²) in [6.45, 7) is 3.51. The van der Waals surface area contributed by atoms with E-state index in [0.29, 0.717) is 26.2 Å². The predicted molar refractivity (Wildman–Crippen MR) is 88.7 cm³/mol. The van der Waals surface area contributed by atoms with Gasteiger partial charge in [-0.2, -0.15) is 5.26 Å². The van der Waals surface area contributed by atoms with E-state index in [4.69, 9.17) is 9.84 Å². The largest absolute Gasteiger partial charge is 0.465 e. The number of anilines is 2. The van der Waals surface area contributed by atoms with Crippen molar-refractivity contribution in [3.63, 3.8) is 0 Å². The fourth-order valence-electron chi connectivity index (χ4n) is 3.79. The Kier molecular flexibility index (Phi) is 4.05. The van der Waals surface area contributed by atoms with E-state index in [-0.39, 0.29) is 17.9 Å². The van der Waals surface area contributed by atoms with Crippen molar-refractivity contribution >= 4 is 17.6 Å². The van der Waals surface area contributed by atoms with Gasteiger partial charge in [-0.15, -0.1) is 10.2 Å². The second-order valence-corrected chi connectivity index (χ2v) is 6.67. The van der Waals surface area contributed by atoms with Gasteiger partial charge in [0.1, 0.15) is 6.07 Å². The minimum Gasteiger partial charge on any atom is -0.465 e. The van der Waals surface area contributed by atoms with Crippen LogP contribution in [0.15, 0.2) is 6.07 Å². The average Bonchev–Trinajstić information content (AvgIpc) is 2.99. The van der Waals surface area contributed by atoms with Gasteiger partial charge in [0, 0.05) is 45.3 Å². The first-order valence-electron chi connectivity index (χ1n) is 8.55. The number of nitriles is 1. The molecule has 132 valence electrons. The first-order valence-corrected chi connectivity index (χ1v) is 8.55. The van der Waals surface area contributed by atoms with Crippen molar-refractivity contribution in [2.45, 2.75) is 25.0 Å². The maximum Gasteiger partial charge on any atom is 0.407 e. The number of fused-ring (bicyclic) bond motifs is 2. The van der Waals surface area contributed by atoms with Gasteiger partial charge < -0.3 is 24.5 Å². The molecular formula is C16H20N6O3. The van der Waals surface area contributed by atoms with Gasteiger partial charge in [-0.05, 0) is 12.8 Å².